The summed E-state index contributed by atoms with van der Waals surface area (Å²) < 4.78 is 27.6. The molecule has 0 atom stereocenters. The van der Waals surface area contributed by atoms with Gasteiger partial charge in [0, 0.05) is 37.5 Å². The zero-order valence-corrected chi connectivity index (χ0v) is 21.1. The Morgan fingerprint density at radius 1 is 1.19 bits per heavy atom. The smallest absolute Gasteiger partial charge is 0.243 e. The molecular formula is C23H34N4O3S2. The topological polar surface area (TPSA) is 82.6 Å². The molecule has 1 N–H and O–H groups in total. The standard InChI is InChI=1S/C23H34N4O3S2/c1-5-27(6-2)32(29,30)19-10-11-21(26-12-8-7-9-13-26)20(15-19)25-22(28)14-18-16-31-23(24-18)17(3)4/h10-11,15-17H,5-9,12-14H2,1-4H3,(H,25,28). The SMILES string of the molecule is CCN(CC)S(=O)(=O)c1ccc(N2CCCCC2)c(NC(=O)Cc2csc(C(C)C)n2)c1. The number of hydrogen-bond acceptors (Lipinski definition) is 6. The molecule has 2 heterocycles. The van der Waals surface area contributed by atoms with E-state index in [1.807, 2.05) is 25.3 Å². The number of sulfonamides is 1. The van der Waals surface area contributed by atoms with Crippen molar-refractivity contribution in [3.63, 3.8) is 0 Å². The lowest BCUT2D eigenvalue weighted by molar-refractivity contribution is -0.115. The number of aromatic nitrogens is 1. The van der Waals surface area contributed by atoms with Crippen molar-refractivity contribution in [2.45, 2.75) is 64.2 Å². The van der Waals surface area contributed by atoms with Crippen LogP contribution in [0.5, 0.6) is 0 Å². The fourth-order valence-corrected chi connectivity index (χ4v) is 6.25. The number of amides is 1. The average Bonchev–Trinajstić information content (AvgIpc) is 3.23. The van der Waals surface area contributed by atoms with Gasteiger partial charge in [0.2, 0.25) is 15.9 Å². The Kier molecular flexibility index (Phi) is 8.30. The Morgan fingerprint density at radius 3 is 2.47 bits per heavy atom. The van der Waals surface area contributed by atoms with Crippen molar-refractivity contribution in [3.8, 4) is 0 Å². The predicted octanol–water partition coefficient (Wildman–Crippen LogP) is 4.47. The van der Waals surface area contributed by atoms with E-state index in [-0.39, 0.29) is 17.2 Å². The largest absolute Gasteiger partial charge is 0.370 e. The van der Waals surface area contributed by atoms with Crippen LogP contribution in [-0.2, 0) is 21.2 Å². The second-order valence-electron chi connectivity index (χ2n) is 8.37. The summed E-state index contributed by atoms with van der Waals surface area (Å²) in [7, 11) is -3.62. The molecule has 176 valence electrons. The van der Waals surface area contributed by atoms with Gasteiger partial charge < -0.3 is 10.2 Å². The minimum atomic E-state index is -3.62. The third-order valence-corrected chi connectivity index (χ3v) is 8.93. The fourth-order valence-electron chi connectivity index (χ4n) is 3.93. The Labute approximate surface area is 195 Å². The lowest BCUT2D eigenvalue weighted by Crippen LogP contribution is -2.32. The maximum Gasteiger partial charge on any atom is 0.243 e. The molecule has 1 fully saturated rings. The molecule has 0 unspecified atom stereocenters. The highest BCUT2D eigenvalue weighted by Gasteiger charge is 2.25. The summed E-state index contributed by atoms with van der Waals surface area (Å²) in [5.74, 6) is 0.130. The third kappa shape index (κ3) is 5.68. The average molecular weight is 479 g/mol. The van der Waals surface area contributed by atoms with Crippen LogP contribution in [0.3, 0.4) is 0 Å². The molecule has 3 rings (SSSR count). The van der Waals surface area contributed by atoms with Gasteiger partial charge in [0.1, 0.15) is 0 Å². The molecule has 9 heteroatoms. The van der Waals surface area contributed by atoms with Crippen molar-refractivity contribution in [1.29, 1.82) is 0 Å². The molecule has 0 aliphatic carbocycles. The highest BCUT2D eigenvalue weighted by Crippen LogP contribution is 2.32. The maximum absolute atomic E-state index is 13.1. The van der Waals surface area contributed by atoms with E-state index in [1.54, 1.807) is 23.5 Å². The van der Waals surface area contributed by atoms with Gasteiger partial charge in [-0.05, 0) is 37.5 Å². The Bertz CT molecular complexity index is 1020. The predicted molar refractivity (Wildman–Crippen MR) is 131 cm³/mol. The van der Waals surface area contributed by atoms with Gasteiger partial charge in [-0.3, -0.25) is 4.79 Å². The molecule has 1 aromatic heterocycles. The summed E-state index contributed by atoms with van der Waals surface area (Å²) in [6, 6.07) is 5.09. The maximum atomic E-state index is 13.1. The summed E-state index contributed by atoms with van der Waals surface area (Å²) in [6.07, 6.45) is 3.53. The van der Waals surface area contributed by atoms with E-state index in [9.17, 15) is 13.2 Å². The van der Waals surface area contributed by atoms with E-state index >= 15 is 0 Å². The quantitative estimate of drug-likeness (QED) is 0.575. The highest BCUT2D eigenvalue weighted by molar-refractivity contribution is 7.89. The summed E-state index contributed by atoms with van der Waals surface area (Å²) in [4.78, 5) is 19.9. The number of benzene rings is 1. The second-order valence-corrected chi connectivity index (χ2v) is 11.2. The number of rotatable bonds is 9. The van der Waals surface area contributed by atoms with Crippen LogP contribution < -0.4 is 10.2 Å². The van der Waals surface area contributed by atoms with E-state index in [1.165, 1.54) is 10.7 Å². The Hall–Kier alpha value is -1.97. The van der Waals surface area contributed by atoms with Crippen molar-refractivity contribution in [2.75, 3.05) is 36.4 Å². The number of carbonyl (C=O) groups excluding carboxylic acids is 1. The van der Waals surface area contributed by atoms with E-state index in [0.29, 0.717) is 24.7 Å². The lowest BCUT2D eigenvalue weighted by Gasteiger charge is -2.31. The van der Waals surface area contributed by atoms with Crippen LogP contribution in [0.15, 0.2) is 28.5 Å². The summed E-state index contributed by atoms with van der Waals surface area (Å²) >= 11 is 1.56. The van der Waals surface area contributed by atoms with Crippen LogP contribution in [-0.4, -0.2) is 49.8 Å². The van der Waals surface area contributed by atoms with Crippen molar-refractivity contribution in [1.82, 2.24) is 9.29 Å². The first-order valence-electron chi connectivity index (χ1n) is 11.4. The lowest BCUT2D eigenvalue weighted by atomic mass is 10.1. The zero-order chi connectivity index (χ0) is 23.3. The van der Waals surface area contributed by atoms with Crippen LogP contribution in [0.25, 0.3) is 0 Å². The molecule has 1 aromatic carbocycles. The monoisotopic (exact) mass is 478 g/mol. The molecule has 0 bridgehead atoms. The number of nitrogens with one attached hydrogen (secondary N) is 1. The Morgan fingerprint density at radius 2 is 1.88 bits per heavy atom. The molecule has 0 saturated carbocycles. The first-order valence-corrected chi connectivity index (χ1v) is 13.7. The first kappa shape index (κ1) is 24.7. The number of carbonyl (C=O) groups is 1. The number of hydrogen-bond donors (Lipinski definition) is 1. The van der Waals surface area contributed by atoms with Crippen molar-refractivity contribution in [3.05, 3.63) is 34.3 Å². The molecule has 1 aliphatic rings. The fraction of sp³-hybridized carbons (Fsp3) is 0.565. The molecule has 7 nitrogen and oxygen atoms in total. The van der Waals surface area contributed by atoms with Crippen LogP contribution in [0.2, 0.25) is 0 Å². The van der Waals surface area contributed by atoms with Crippen LogP contribution >= 0.6 is 11.3 Å². The van der Waals surface area contributed by atoms with E-state index in [0.717, 1.165) is 42.3 Å². The normalized spacial score (nSPS) is 14.9. The number of nitrogens with zero attached hydrogens (tertiary/aromatic N) is 3. The van der Waals surface area contributed by atoms with Crippen molar-refractivity contribution < 1.29 is 13.2 Å². The molecule has 0 spiro atoms. The molecule has 0 radical (unpaired) electrons. The molecular weight excluding hydrogens is 444 g/mol. The number of anilines is 2. The molecule has 2 aromatic rings. The van der Waals surface area contributed by atoms with E-state index in [2.05, 4.69) is 29.0 Å². The van der Waals surface area contributed by atoms with Gasteiger partial charge in [0.25, 0.3) is 0 Å². The van der Waals surface area contributed by atoms with Gasteiger partial charge in [-0.15, -0.1) is 11.3 Å². The Balaban J connectivity index is 1.89. The van der Waals surface area contributed by atoms with Crippen molar-refractivity contribution in [2.24, 2.45) is 0 Å². The second kappa shape index (κ2) is 10.8. The highest BCUT2D eigenvalue weighted by atomic mass is 32.2. The minimum absolute atomic E-state index is 0.162. The zero-order valence-electron chi connectivity index (χ0n) is 19.4. The summed E-state index contributed by atoms with van der Waals surface area (Å²) in [6.45, 7) is 10.4. The molecule has 1 amide bonds. The number of piperidine rings is 1. The van der Waals surface area contributed by atoms with Gasteiger partial charge in [-0.2, -0.15) is 4.31 Å². The van der Waals surface area contributed by atoms with Gasteiger partial charge >= 0.3 is 0 Å². The first-order chi connectivity index (χ1) is 15.3. The van der Waals surface area contributed by atoms with Crippen LogP contribution in [0, 0.1) is 0 Å². The van der Waals surface area contributed by atoms with Crippen LogP contribution in [0.4, 0.5) is 11.4 Å². The molecule has 1 aliphatic heterocycles. The van der Waals surface area contributed by atoms with E-state index in [4.69, 9.17) is 0 Å². The minimum Gasteiger partial charge on any atom is -0.370 e. The van der Waals surface area contributed by atoms with Gasteiger partial charge in [-0.25, -0.2) is 13.4 Å². The molecule has 1 saturated heterocycles. The van der Waals surface area contributed by atoms with Gasteiger partial charge in [0.15, 0.2) is 0 Å². The van der Waals surface area contributed by atoms with Gasteiger partial charge in [0.05, 0.1) is 33.4 Å². The summed E-state index contributed by atoms with van der Waals surface area (Å²) in [5.41, 5.74) is 2.16. The summed E-state index contributed by atoms with van der Waals surface area (Å²) in [5, 5.41) is 5.91. The van der Waals surface area contributed by atoms with Gasteiger partial charge in [-0.1, -0.05) is 27.7 Å². The molecule has 32 heavy (non-hydrogen) atoms. The van der Waals surface area contributed by atoms with Crippen LogP contribution in [0.1, 0.15) is 63.6 Å². The van der Waals surface area contributed by atoms with Crippen molar-refractivity contribution >= 4 is 38.6 Å². The van der Waals surface area contributed by atoms with E-state index < -0.39 is 10.0 Å². The third-order valence-electron chi connectivity index (χ3n) is 5.69. The number of thiazole rings is 1.